The quantitative estimate of drug-likeness (QED) is 0.477. The molecule has 2 aromatic carbocycles. The molecule has 3 rings (SSSR count). The highest BCUT2D eigenvalue weighted by Gasteiger charge is 2.27. The maximum Gasteiger partial charge on any atom is 0.159 e. The Labute approximate surface area is 162 Å². The van der Waals surface area contributed by atoms with Gasteiger partial charge in [-0.15, -0.1) is 5.73 Å². The van der Waals surface area contributed by atoms with Gasteiger partial charge in [-0.05, 0) is 55.2 Å². The van der Waals surface area contributed by atoms with E-state index in [0.717, 1.165) is 54.7 Å². The highest BCUT2D eigenvalue weighted by molar-refractivity contribution is 5.94. The van der Waals surface area contributed by atoms with E-state index in [1.807, 2.05) is 30.3 Å². The number of ether oxygens (including phenoxy) is 1. The minimum atomic E-state index is 0.0888. The van der Waals surface area contributed by atoms with Crippen molar-refractivity contribution in [1.82, 2.24) is 0 Å². The molecule has 1 aliphatic rings. The summed E-state index contributed by atoms with van der Waals surface area (Å²) in [5.74, 6) is 0.0888. The van der Waals surface area contributed by atoms with Crippen LogP contribution in [-0.2, 0) is 4.74 Å². The summed E-state index contributed by atoms with van der Waals surface area (Å²) < 4.78 is 5.53. The molecule has 0 amide bonds. The van der Waals surface area contributed by atoms with Gasteiger partial charge in [-0.2, -0.15) is 0 Å². The van der Waals surface area contributed by atoms with E-state index in [1.54, 1.807) is 6.92 Å². The SMILES string of the molecule is CC(=O)c1ccc(C(=C=C(C)CC2(C)CCOCC2)c2ccccc2)cc1. The molecular weight excluding hydrogens is 332 g/mol. The van der Waals surface area contributed by atoms with Crippen molar-refractivity contribution in [3.8, 4) is 0 Å². The van der Waals surface area contributed by atoms with Crippen LogP contribution >= 0.6 is 0 Å². The van der Waals surface area contributed by atoms with Gasteiger partial charge in [0.15, 0.2) is 5.78 Å². The van der Waals surface area contributed by atoms with Gasteiger partial charge in [-0.25, -0.2) is 0 Å². The van der Waals surface area contributed by atoms with Crippen LogP contribution in [0.4, 0.5) is 0 Å². The standard InChI is InChI=1S/C25H28O2/c1-19(18-25(3)13-15-27-16-14-25)17-24(22-7-5-4-6-8-22)23-11-9-21(10-12-23)20(2)26/h4-12H,13-16,18H2,1-3H3. The van der Waals surface area contributed by atoms with E-state index in [9.17, 15) is 4.79 Å². The van der Waals surface area contributed by atoms with Gasteiger partial charge in [-0.1, -0.05) is 61.5 Å². The van der Waals surface area contributed by atoms with E-state index < -0.39 is 0 Å². The minimum absolute atomic E-state index is 0.0888. The van der Waals surface area contributed by atoms with Crippen molar-refractivity contribution in [2.75, 3.05) is 13.2 Å². The lowest BCUT2D eigenvalue weighted by atomic mass is 9.77. The fourth-order valence-corrected chi connectivity index (χ4v) is 3.73. The lowest BCUT2D eigenvalue weighted by molar-refractivity contribution is 0.0241. The van der Waals surface area contributed by atoms with Gasteiger partial charge in [0.1, 0.15) is 0 Å². The van der Waals surface area contributed by atoms with Crippen LogP contribution in [0.3, 0.4) is 0 Å². The zero-order chi connectivity index (χ0) is 19.3. The summed E-state index contributed by atoms with van der Waals surface area (Å²) >= 11 is 0. The van der Waals surface area contributed by atoms with Crippen molar-refractivity contribution in [2.24, 2.45) is 5.41 Å². The Morgan fingerprint density at radius 2 is 1.48 bits per heavy atom. The van der Waals surface area contributed by atoms with E-state index in [0.29, 0.717) is 0 Å². The number of allylic oxidation sites excluding steroid dienone is 1. The van der Waals surface area contributed by atoms with Crippen LogP contribution in [0.15, 0.2) is 65.9 Å². The Morgan fingerprint density at radius 1 is 0.926 bits per heavy atom. The number of Topliss-reactive ketones (excluding diaryl/α,β-unsaturated/α-hetero) is 1. The van der Waals surface area contributed by atoms with Gasteiger partial charge in [0, 0.05) is 24.4 Å². The summed E-state index contributed by atoms with van der Waals surface area (Å²) in [6.45, 7) is 7.83. The maximum absolute atomic E-state index is 11.6. The summed E-state index contributed by atoms with van der Waals surface area (Å²) in [5.41, 5.74) is 9.27. The van der Waals surface area contributed by atoms with E-state index in [1.165, 1.54) is 5.57 Å². The first-order valence-corrected chi connectivity index (χ1v) is 9.68. The van der Waals surface area contributed by atoms with Crippen molar-refractivity contribution >= 4 is 11.4 Å². The summed E-state index contributed by atoms with van der Waals surface area (Å²) in [6.07, 6.45) is 3.22. The molecule has 1 aliphatic heterocycles. The molecule has 2 aromatic rings. The number of hydrogen-bond acceptors (Lipinski definition) is 2. The van der Waals surface area contributed by atoms with Gasteiger partial charge in [0.2, 0.25) is 0 Å². The number of ketones is 1. The molecule has 0 saturated carbocycles. The van der Waals surface area contributed by atoms with Crippen LogP contribution in [0.1, 0.15) is 61.5 Å². The van der Waals surface area contributed by atoms with Crippen molar-refractivity contribution < 1.29 is 9.53 Å². The van der Waals surface area contributed by atoms with Crippen molar-refractivity contribution in [1.29, 1.82) is 0 Å². The van der Waals surface area contributed by atoms with Crippen LogP contribution in [-0.4, -0.2) is 19.0 Å². The third-order valence-corrected chi connectivity index (χ3v) is 5.37. The number of carbonyl (C=O) groups excluding carboxylic acids is 1. The molecular formula is C25H28O2. The number of hydrogen-bond donors (Lipinski definition) is 0. The molecule has 0 aliphatic carbocycles. The predicted octanol–water partition coefficient (Wildman–Crippen LogP) is 6.07. The Morgan fingerprint density at radius 3 is 2.07 bits per heavy atom. The highest BCUT2D eigenvalue weighted by atomic mass is 16.5. The molecule has 2 heteroatoms. The predicted molar refractivity (Wildman–Crippen MR) is 111 cm³/mol. The molecule has 0 aromatic heterocycles. The highest BCUT2D eigenvalue weighted by Crippen LogP contribution is 2.36. The molecule has 0 spiro atoms. The second-order valence-corrected chi connectivity index (χ2v) is 7.88. The van der Waals surface area contributed by atoms with Crippen LogP contribution < -0.4 is 0 Å². The molecule has 0 unspecified atom stereocenters. The average molecular weight is 360 g/mol. The van der Waals surface area contributed by atoms with E-state index in [2.05, 4.69) is 43.8 Å². The molecule has 1 saturated heterocycles. The molecule has 0 atom stereocenters. The van der Waals surface area contributed by atoms with Crippen molar-refractivity contribution in [3.63, 3.8) is 0 Å². The normalized spacial score (nSPS) is 15.7. The largest absolute Gasteiger partial charge is 0.381 e. The zero-order valence-corrected chi connectivity index (χ0v) is 16.5. The third-order valence-electron chi connectivity index (χ3n) is 5.37. The minimum Gasteiger partial charge on any atom is -0.381 e. The summed E-state index contributed by atoms with van der Waals surface area (Å²) in [7, 11) is 0. The Balaban J connectivity index is 2.01. The van der Waals surface area contributed by atoms with Crippen LogP contribution in [0, 0.1) is 5.41 Å². The first-order valence-electron chi connectivity index (χ1n) is 9.68. The number of carbonyl (C=O) groups is 1. The van der Waals surface area contributed by atoms with Gasteiger partial charge < -0.3 is 4.74 Å². The van der Waals surface area contributed by atoms with Crippen LogP contribution in [0.25, 0.3) is 5.57 Å². The Kier molecular flexibility index (Phi) is 6.11. The molecule has 27 heavy (non-hydrogen) atoms. The van der Waals surface area contributed by atoms with Gasteiger partial charge in [0.25, 0.3) is 0 Å². The maximum atomic E-state index is 11.6. The lowest BCUT2D eigenvalue weighted by Gasteiger charge is -2.33. The number of benzene rings is 2. The van der Waals surface area contributed by atoms with Gasteiger partial charge in [0.05, 0.1) is 0 Å². The van der Waals surface area contributed by atoms with Gasteiger partial charge >= 0.3 is 0 Å². The van der Waals surface area contributed by atoms with Crippen LogP contribution in [0.2, 0.25) is 0 Å². The molecule has 0 bridgehead atoms. The second kappa shape index (κ2) is 8.52. The van der Waals surface area contributed by atoms with Gasteiger partial charge in [-0.3, -0.25) is 4.79 Å². The molecule has 2 nitrogen and oxygen atoms in total. The average Bonchev–Trinajstić information content (AvgIpc) is 2.67. The molecule has 1 fully saturated rings. The topological polar surface area (TPSA) is 26.3 Å². The monoisotopic (exact) mass is 360 g/mol. The van der Waals surface area contributed by atoms with E-state index in [4.69, 9.17) is 4.74 Å². The second-order valence-electron chi connectivity index (χ2n) is 7.88. The zero-order valence-electron chi connectivity index (χ0n) is 16.5. The van der Waals surface area contributed by atoms with E-state index >= 15 is 0 Å². The smallest absolute Gasteiger partial charge is 0.159 e. The fourth-order valence-electron chi connectivity index (χ4n) is 3.73. The molecule has 1 heterocycles. The first kappa shape index (κ1) is 19.4. The van der Waals surface area contributed by atoms with E-state index in [-0.39, 0.29) is 11.2 Å². The molecule has 0 N–H and O–H groups in total. The summed E-state index contributed by atoms with van der Waals surface area (Å²) in [4.78, 5) is 11.6. The Hall–Kier alpha value is -2.41. The fraction of sp³-hybridized carbons (Fsp3) is 0.360. The Bertz CT molecular complexity index is 847. The first-order chi connectivity index (χ1) is 13.0. The number of rotatable bonds is 5. The third kappa shape index (κ3) is 5.07. The molecule has 140 valence electrons. The van der Waals surface area contributed by atoms with Crippen molar-refractivity contribution in [2.45, 2.75) is 40.0 Å². The van der Waals surface area contributed by atoms with Crippen molar-refractivity contribution in [3.05, 3.63) is 82.6 Å². The molecule has 0 radical (unpaired) electrons. The summed E-state index contributed by atoms with van der Waals surface area (Å²) in [6, 6.07) is 18.2. The summed E-state index contributed by atoms with van der Waals surface area (Å²) in [5, 5.41) is 0. The lowest BCUT2D eigenvalue weighted by Crippen LogP contribution is -2.26. The van der Waals surface area contributed by atoms with Crippen LogP contribution in [0.5, 0.6) is 0 Å².